The van der Waals surface area contributed by atoms with Gasteiger partial charge in [0.15, 0.2) is 5.17 Å². The molecule has 104 valence electrons. The number of nitrogens with one attached hydrogen (secondary N) is 1. The van der Waals surface area contributed by atoms with Gasteiger partial charge < -0.3 is 5.32 Å². The average Bonchev–Trinajstić information content (AvgIpc) is 2.80. The van der Waals surface area contributed by atoms with Gasteiger partial charge in [0.05, 0.1) is 6.04 Å². The van der Waals surface area contributed by atoms with Crippen LogP contribution < -0.4 is 5.32 Å². The van der Waals surface area contributed by atoms with Gasteiger partial charge >= 0.3 is 0 Å². The van der Waals surface area contributed by atoms with Crippen molar-refractivity contribution in [2.24, 2.45) is 10.9 Å². The van der Waals surface area contributed by atoms with E-state index in [2.05, 4.69) is 26.1 Å². The van der Waals surface area contributed by atoms with Gasteiger partial charge in [0.2, 0.25) is 0 Å². The predicted molar refractivity (Wildman–Crippen MR) is 81.2 cm³/mol. The summed E-state index contributed by atoms with van der Waals surface area (Å²) in [5.74, 6) is 1.49. The summed E-state index contributed by atoms with van der Waals surface area (Å²) in [6.45, 7) is 6.55. The third kappa shape index (κ3) is 4.23. The highest BCUT2D eigenvalue weighted by molar-refractivity contribution is 8.14. The Labute approximate surface area is 118 Å². The zero-order chi connectivity index (χ0) is 13.8. The molecule has 2 nitrogen and oxygen atoms in total. The number of hydrogen-bond donors (Lipinski definition) is 1. The van der Waals surface area contributed by atoms with Gasteiger partial charge in [-0.25, -0.2) is 4.39 Å². The van der Waals surface area contributed by atoms with Crippen LogP contribution in [-0.2, 0) is 6.42 Å². The molecule has 1 heterocycles. The summed E-state index contributed by atoms with van der Waals surface area (Å²) in [6.07, 6.45) is 0.881. The Morgan fingerprint density at radius 3 is 2.58 bits per heavy atom. The van der Waals surface area contributed by atoms with Crippen LogP contribution in [0.25, 0.3) is 0 Å². The fourth-order valence-corrected chi connectivity index (χ4v) is 3.33. The SMILES string of the molecule is CC(Cc1ccc(F)cc1)NC1=NC(C(C)C)CS1. The van der Waals surface area contributed by atoms with E-state index in [4.69, 9.17) is 4.99 Å². The smallest absolute Gasteiger partial charge is 0.157 e. The molecule has 0 saturated carbocycles. The van der Waals surface area contributed by atoms with Crippen LogP contribution in [0, 0.1) is 11.7 Å². The molecule has 2 rings (SSSR count). The molecule has 0 aromatic heterocycles. The van der Waals surface area contributed by atoms with E-state index in [1.807, 2.05) is 12.1 Å². The highest BCUT2D eigenvalue weighted by Gasteiger charge is 2.21. The van der Waals surface area contributed by atoms with E-state index in [-0.39, 0.29) is 5.82 Å². The standard InChI is InChI=1S/C15H21FN2S/c1-10(2)14-9-19-15(18-14)17-11(3)8-12-4-6-13(16)7-5-12/h4-7,10-11,14H,8-9H2,1-3H3,(H,17,18). The predicted octanol–water partition coefficient (Wildman–Crippen LogP) is 3.47. The molecule has 1 aliphatic heterocycles. The molecule has 2 unspecified atom stereocenters. The molecule has 0 aliphatic carbocycles. The van der Waals surface area contributed by atoms with Crippen LogP contribution in [0.3, 0.4) is 0 Å². The number of hydrogen-bond acceptors (Lipinski definition) is 3. The zero-order valence-electron chi connectivity index (χ0n) is 11.7. The Morgan fingerprint density at radius 1 is 1.32 bits per heavy atom. The van der Waals surface area contributed by atoms with E-state index in [0.29, 0.717) is 18.0 Å². The number of halogens is 1. The van der Waals surface area contributed by atoms with E-state index in [1.54, 1.807) is 11.8 Å². The van der Waals surface area contributed by atoms with E-state index in [9.17, 15) is 4.39 Å². The Balaban J connectivity index is 1.86. The topological polar surface area (TPSA) is 24.4 Å². The molecule has 0 amide bonds. The van der Waals surface area contributed by atoms with Gasteiger partial charge in [0.1, 0.15) is 5.82 Å². The van der Waals surface area contributed by atoms with Gasteiger partial charge in [-0.2, -0.15) is 0 Å². The third-order valence-corrected chi connectivity index (χ3v) is 4.27. The lowest BCUT2D eigenvalue weighted by Gasteiger charge is -2.14. The molecule has 1 aliphatic rings. The average molecular weight is 280 g/mol. The molecule has 0 radical (unpaired) electrons. The highest BCUT2D eigenvalue weighted by atomic mass is 32.2. The molecule has 0 spiro atoms. The first-order valence-corrected chi connectivity index (χ1v) is 7.74. The van der Waals surface area contributed by atoms with Crippen molar-refractivity contribution in [1.29, 1.82) is 0 Å². The van der Waals surface area contributed by atoms with E-state index < -0.39 is 0 Å². The molecule has 0 saturated heterocycles. The number of benzene rings is 1. The van der Waals surface area contributed by atoms with Crippen LogP contribution >= 0.6 is 11.8 Å². The van der Waals surface area contributed by atoms with Gasteiger partial charge in [0, 0.05) is 11.8 Å². The van der Waals surface area contributed by atoms with Crippen molar-refractivity contribution >= 4 is 16.9 Å². The first-order chi connectivity index (χ1) is 9.04. The van der Waals surface area contributed by atoms with E-state index >= 15 is 0 Å². The number of amidine groups is 1. The maximum absolute atomic E-state index is 12.8. The quantitative estimate of drug-likeness (QED) is 0.913. The first-order valence-electron chi connectivity index (χ1n) is 6.76. The Bertz CT molecular complexity index is 442. The van der Waals surface area contributed by atoms with Crippen LogP contribution in [0.4, 0.5) is 4.39 Å². The monoisotopic (exact) mass is 280 g/mol. The second kappa shape index (κ2) is 6.42. The zero-order valence-corrected chi connectivity index (χ0v) is 12.5. The van der Waals surface area contributed by atoms with Crippen molar-refractivity contribution in [3.05, 3.63) is 35.6 Å². The summed E-state index contributed by atoms with van der Waals surface area (Å²) in [5.41, 5.74) is 1.14. The third-order valence-electron chi connectivity index (χ3n) is 3.27. The number of rotatable bonds is 4. The van der Waals surface area contributed by atoms with Crippen molar-refractivity contribution in [3.63, 3.8) is 0 Å². The van der Waals surface area contributed by atoms with Gasteiger partial charge in [-0.3, -0.25) is 4.99 Å². The molecule has 0 fully saturated rings. The van der Waals surface area contributed by atoms with Gasteiger partial charge in [-0.1, -0.05) is 37.7 Å². The summed E-state index contributed by atoms with van der Waals surface area (Å²) >= 11 is 1.80. The summed E-state index contributed by atoms with van der Waals surface area (Å²) in [4.78, 5) is 4.69. The van der Waals surface area contributed by atoms with Gasteiger partial charge in [-0.05, 0) is 37.0 Å². The lowest BCUT2D eigenvalue weighted by atomic mass is 10.1. The Morgan fingerprint density at radius 2 is 2.00 bits per heavy atom. The van der Waals surface area contributed by atoms with E-state index in [1.165, 1.54) is 12.1 Å². The van der Waals surface area contributed by atoms with Crippen molar-refractivity contribution in [2.75, 3.05) is 5.75 Å². The summed E-state index contributed by atoms with van der Waals surface area (Å²) in [5, 5.41) is 4.50. The van der Waals surface area contributed by atoms with Crippen molar-refractivity contribution in [2.45, 2.75) is 39.3 Å². The maximum atomic E-state index is 12.8. The molecule has 1 aromatic carbocycles. The normalized spacial score (nSPS) is 20.5. The minimum Gasteiger partial charge on any atom is -0.362 e. The van der Waals surface area contributed by atoms with E-state index in [0.717, 1.165) is 22.9 Å². The van der Waals surface area contributed by atoms with Crippen LogP contribution in [0.15, 0.2) is 29.3 Å². The van der Waals surface area contributed by atoms with Crippen LogP contribution in [-0.4, -0.2) is 23.0 Å². The van der Waals surface area contributed by atoms with Crippen molar-refractivity contribution in [3.8, 4) is 0 Å². The molecule has 19 heavy (non-hydrogen) atoms. The minimum absolute atomic E-state index is 0.181. The lowest BCUT2D eigenvalue weighted by molar-refractivity contribution is 0.540. The first kappa shape index (κ1) is 14.4. The lowest BCUT2D eigenvalue weighted by Crippen LogP contribution is -2.31. The van der Waals surface area contributed by atoms with Gasteiger partial charge in [0.25, 0.3) is 0 Å². The second-order valence-corrected chi connectivity index (χ2v) is 6.44. The van der Waals surface area contributed by atoms with Gasteiger partial charge in [-0.15, -0.1) is 0 Å². The molecular formula is C15H21FN2S. The van der Waals surface area contributed by atoms with Crippen LogP contribution in [0.1, 0.15) is 26.3 Å². The highest BCUT2D eigenvalue weighted by Crippen LogP contribution is 2.22. The maximum Gasteiger partial charge on any atom is 0.157 e. The number of aliphatic imine (C=N–C) groups is 1. The largest absolute Gasteiger partial charge is 0.362 e. The molecule has 1 N–H and O–H groups in total. The number of nitrogens with zero attached hydrogens (tertiary/aromatic N) is 1. The number of thioether (sulfide) groups is 1. The molecule has 2 atom stereocenters. The van der Waals surface area contributed by atoms with Crippen molar-refractivity contribution < 1.29 is 4.39 Å². The minimum atomic E-state index is -0.181. The second-order valence-electron chi connectivity index (χ2n) is 5.43. The Kier molecular flexibility index (Phi) is 4.86. The molecule has 0 bridgehead atoms. The summed E-state index contributed by atoms with van der Waals surface area (Å²) in [7, 11) is 0. The fourth-order valence-electron chi connectivity index (χ4n) is 2.05. The molecule has 4 heteroatoms. The Hall–Kier alpha value is -1.03. The van der Waals surface area contributed by atoms with Crippen LogP contribution in [0.2, 0.25) is 0 Å². The summed E-state index contributed by atoms with van der Waals surface area (Å²) < 4.78 is 12.8. The summed E-state index contributed by atoms with van der Waals surface area (Å²) in [6, 6.07) is 7.45. The molecule has 1 aromatic rings. The fraction of sp³-hybridized carbons (Fsp3) is 0.533. The van der Waals surface area contributed by atoms with Crippen molar-refractivity contribution in [1.82, 2.24) is 5.32 Å². The van der Waals surface area contributed by atoms with Crippen LogP contribution in [0.5, 0.6) is 0 Å². The molecular weight excluding hydrogens is 259 g/mol.